The minimum absolute atomic E-state index is 0.167. The van der Waals surface area contributed by atoms with E-state index < -0.39 is 12.0 Å². The van der Waals surface area contributed by atoms with Crippen molar-refractivity contribution in [3.63, 3.8) is 0 Å². The minimum atomic E-state index is -1.08. The fourth-order valence-electron chi connectivity index (χ4n) is 0.824. The average Bonchev–Trinajstić information content (AvgIpc) is 2.20. The van der Waals surface area contributed by atoms with Crippen molar-refractivity contribution >= 4 is 12.1 Å². The van der Waals surface area contributed by atoms with E-state index in [-0.39, 0.29) is 5.75 Å². The lowest BCUT2D eigenvalue weighted by Gasteiger charge is -2.00. The maximum absolute atomic E-state index is 10.9. The van der Waals surface area contributed by atoms with Gasteiger partial charge in [-0.05, 0) is 36.8 Å². The maximum Gasteiger partial charge on any atom is 0.268 e. The summed E-state index contributed by atoms with van der Waals surface area (Å²) in [6.45, 7) is 1.35. The van der Waals surface area contributed by atoms with E-state index >= 15 is 0 Å². The molecule has 1 aromatic carbocycles. The normalized spacial score (nSPS) is 12.7. The number of hydrazone groups is 1. The van der Waals surface area contributed by atoms with Crippen LogP contribution in [0.1, 0.15) is 12.5 Å². The largest absolute Gasteiger partial charge is 0.508 e. The summed E-state index contributed by atoms with van der Waals surface area (Å²) in [5.41, 5.74) is 2.90. The number of carbonyl (C=O) groups excluding carboxylic acids is 1. The van der Waals surface area contributed by atoms with E-state index in [4.69, 9.17) is 10.2 Å². The number of benzene rings is 1. The Kier molecular flexibility index (Phi) is 3.82. The second kappa shape index (κ2) is 5.11. The first-order valence-electron chi connectivity index (χ1n) is 4.39. The van der Waals surface area contributed by atoms with Crippen LogP contribution in [-0.4, -0.2) is 28.4 Å². The zero-order valence-electron chi connectivity index (χ0n) is 8.21. The Balaban J connectivity index is 2.51. The third-order valence-electron chi connectivity index (χ3n) is 1.66. The molecule has 1 rings (SSSR count). The standard InChI is InChI=1S/C10H12N2O3/c1-7(13)10(15)12-11-6-8-2-4-9(14)5-3-8/h2-7,13-14H,1H3,(H,12,15)/b11-6-/t7-/m0/s1. The zero-order valence-corrected chi connectivity index (χ0v) is 8.21. The van der Waals surface area contributed by atoms with E-state index in [1.807, 2.05) is 0 Å². The number of nitrogens with zero attached hydrogens (tertiary/aromatic N) is 1. The number of amides is 1. The first-order chi connectivity index (χ1) is 7.09. The number of phenols is 1. The molecule has 80 valence electrons. The van der Waals surface area contributed by atoms with Gasteiger partial charge in [-0.1, -0.05) is 0 Å². The lowest BCUT2D eigenvalue weighted by molar-refractivity contribution is -0.128. The Morgan fingerprint density at radius 1 is 1.47 bits per heavy atom. The van der Waals surface area contributed by atoms with Gasteiger partial charge in [0.2, 0.25) is 0 Å². The van der Waals surface area contributed by atoms with Gasteiger partial charge in [0.25, 0.3) is 5.91 Å². The van der Waals surface area contributed by atoms with E-state index in [2.05, 4.69) is 10.5 Å². The van der Waals surface area contributed by atoms with Gasteiger partial charge in [-0.25, -0.2) is 5.43 Å². The molecule has 0 radical (unpaired) electrons. The van der Waals surface area contributed by atoms with Gasteiger partial charge in [0, 0.05) is 0 Å². The highest BCUT2D eigenvalue weighted by molar-refractivity contribution is 5.84. The summed E-state index contributed by atoms with van der Waals surface area (Å²) < 4.78 is 0. The quantitative estimate of drug-likeness (QED) is 0.491. The Labute approximate surface area is 87.1 Å². The molecule has 0 unspecified atom stereocenters. The lowest BCUT2D eigenvalue weighted by Crippen LogP contribution is -2.28. The van der Waals surface area contributed by atoms with Crippen LogP contribution in [-0.2, 0) is 4.79 Å². The highest BCUT2D eigenvalue weighted by Crippen LogP contribution is 2.07. The monoisotopic (exact) mass is 208 g/mol. The van der Waals surface area contributed by atoms with Gasteiger partial charge >= 0.3 is 0 Å². The van der Waals surface area contributed by atoms with E-state index in [0.717, 1.165) is 5.56 Å². The molecule has 15 heavy (non-hydrogen) atoms. The molecule has 3 N–H and O–H groups in total. The molecule has 5 heteroatoms. The number of hydrogen-bond acceptors (Lipinski definition) is 4. The van der Waals surface area contributed by atoms with Crippen LogP contribution in [0.15, 0.2) is 29.4 Å². The Morgan fingerprint density at radius 3 is 2.60 bits per heavy atom. The van der Waals surface area contributed by atoms with E-state index in [1.165, 1.54) is 25.3 Å². The predicted octanol–water partition coefficient (Wildman–Crippen LogP) is 0.223. The molecule has 0 aromatic heterocycles. The average molecular weight is 208 g/mol. The number of aliphatic hydroxyl groups excluding tert-OH is 1. The summed E-state index contributed by atoms with van der Waals surface area (Å²) in [6, 6.07) is 6.32. The summed E-state index contributed by atoms with van der Waals surface area (Å²) in [5, 5.41) is 21.5. The maximum atomic E-state index is 10.9. The molecule has 0 aliphatic heterocycles. The van der Waals surface area contributed by atoms with Crippen molar-refractivity contribution < 1.29 is 15.0 Å². The van der Waals surface area contributed by atoms with Crippen molar-refractivity contribution in [1.82, 2.24) is 5.43 Å². The summed E-state index contributed by atoms with van der Waals surface area (Å²) in [4.78, 5) is 10.9. The van der Waals surface area contributed by atoms with Crippen molar-refractivity contribution in [3.8, 4) is 5.75 Å². The van der Waals surface area contributed by atoms with Gasteiger partial charge in [-0.2, -0.15) is 5.10 Å². The van der Waals surface area contributed by atoms with Crippen LogP contribution >= 0.6 is 0 Å². The second-order valence-electron chi connectivity index (χ2n) is 3.00. The van der Waals surface area contributed by atoms with Crippen molar-refractivity contribution in [3.05, 3.63) is 29.8 Å². The third-order valence-corrected chi connectivity index (χ3v) is 1.66. The fraction of sp³-hybridized carbons (Fsp3) is 0.200. The van der Waals surface area contributed by atoms with Gasteiger partial charge in [0.15, 0.2) is 0 Å². The molecular weight excluding hydrogens is 196 g/mol. The first kappa shape index (κ1) is 11.2. The molecular formula is C10H12N2O3. The third kappa shape index (κ3) is 3.78. The molecule has 0 fully saturated rings. The van der Waals surface area contributed by atoms with Gasteiger partial charge < -0.3 is 10.2 Å². The number of phenolic OH excluding ortho intramolecular Hbond substituents is 1. The fourth-order valence-corrected chi connectivity index (χ4v) is 0.824. The first-order valence-corrected chi connectivity index (χ1v) is 4.39. The van der Waals surface area contributed by atoms with Crippen LogP contribution < -0.4 is 5.43 Å². The van der Waals surface area contributed by atoms with E-state index in [0.29, 0.717) is 0 Å². The molecule has 0 aliphatic rings. The van der Waals surface area contributed by atoms with Crippen LogP contribution in [0, 0.1) is 0 Å². The van der Waals surface area contributed by atoms with Crippen LogP contribution in [0.5, 0.6) is 5.75 Å². The molecule has 1 atom stereocenters. The van der Waals surface area contributed by atoms with Gasteiger partial charge in [-0.3, -0.25) is 4.79 Å². The number of aromatic hydroxyl groups is 1. The van der Waals surface area contributed by atoms with Crippen LogP contribution in [0.2, 0.25) is 0 Å². The summed E-state index contributed by atoms with van der Waals surface area (Å²) in [6.07, 6.45) is 0.335. The SMILES string of the molecule is C[C@H](O)C(=O)N/N=C\c1ccc(O)cc1. The molecule has 0 spiro atoms. The van der Waals surface area contributed by atoms with Crippen LogP contribution in [0.4, 0.5) is 0 Å². The van der Waals surface area contributed by atoms with Gasteiger partial charge in [-0.15, -0.1) is 0 Å². The molecule has 0 saturated carbocycles. The van der Waals surface area contributed by atoms with Crippen LogP contribution in [0.25, 0.3) is 0 Å². The lowest BCUT2D eigenvalue weighted by atomic mass is 10.2. The van der Waals surface area contributed by atoms with Crippen molar-refractivity contribution in [2.45, 2.75) is 13.0 Å². The smallest absolute Gasteiger partial charge is 0.268 e. The van der Waals surface area contributed by atoms with Crippen molar-refractivity contribution in [1.29, 1.82) is 0 Å². The molecule has 0 aliphatic carbocycles. The van der Waals surface area contributed by atoms with Gasteiger partial charge in [0.1, 0.15) is 11.9 Å². The molecule has 0 heterocycles. The molecule has 1 aromatic rings. The highest BCUT2D eigenvalue weighted by atomic mass is 16.3. The topological polar surface area (TPSA) is 81.9 Å². The molecule has 0 saturated heterocycles. The number of hydrogen-bond donors (Lipinski definition) is 3. The number of rotatable bonds is 3. The Hall–Kier alpha value is -1.88. The van der Waals surface area contributed by atoms with Gasteiger partial charge in [0.05, 0.1) is 6.21 Å². The van der Waals surface area contributed by atoms with E-state index in [9.17, 15) is 4.79 Å². The highest BCUT2D eigenvalue weighted by Gasteiger charge is 2.05. The number of aliphatic hydroxyl groups is 1. The number of nitrogens with one attached hydrogen (secondary N) is 1. The Morgan fingerprint density at radius 2 is 2.07 bits per heavy atom. The summed E-state index contributed by atoms with van der Waals surface area (Å²) >= 11 is 0. The minimum Gasteiger partial charge on any atom is -0.508 e. The van der Waals surface area contributed by atoms with Crippen LogP contribution in [0.3, 0.4) is 0 Å². The zero-order chi connectivity index (χ0) is 11.3. The van der Waals surface area contributed by atoms with E-state index in [1.54, 1.807) is 12.1 Å². The molecule has 5 nitrogen and oxygen atoms in total. The second-order valence-corrected chi connectivity index (χ2v) is 3.00. The predicted molar refractivity (Wildman–Crippen MR) is 55.5 cm³/mol. The number of carbonyl (C=O) groups is 1. The molecule has 0 bridgehead atoms. The Bertz CT molecular complexity index is 357. The van der Waals surface area contributed by atoms with Crippen molar-refractivity contribution in [2.24, 2.45) is 5.10 Å². The summed E-state index contributed by atoms with van der Waals surface area (Å²) in [5.74, 6) is -0.398. The molecule has 1 amide bonds. The summed E-state index contributed by atoms with van der Waals surface area (Å²) in [7, 11) is 0. The van der Waals surface area contributed by atoms with Crippen molar-refractivity contribution in [2.75, 3.05) is 0 Å².